The fourth-order valence-corrected chi connectivity index (χ4v) is 2.89. The van der Waals surface area contributed by atoms with E-state index in [2.05, 4.69) is 4.72 Å². The second kappa shape index (κ2) is 5.16. The van der Waals surface area contributed by atoms with Crippen molar-refractivity contribution in [3.8, 4) is 0 Å². The van der Waals surface area contributed by atoms with Crippen molar-refractivity contribution in [2.24, 2.45) is 0 Å². The van der Waals surface area contributed by atoms with Crippen molar-refractivity contribution in [3.05, 3.63) is 28.2 Å². The summed E-state index contributed by atoms with van der Waals surface area (Å²) in [6.45, 7) is 2.26. The van der Waals surface area contributed by atoms with Crippen LogP contribution in [0.3, 0.4) is 0 Å². The Balaban J connectivity index is 3.09. The number of benzene rings is 1. The summed E-state index contributed by atoms with van der Waals surface area (Å²) in [4.78, 5) is 0.0186. The lowest BCUT2D eigenvalue weighted by atomic mass is 10.4. The normalized spacial score (nSPS) is 11.7. The van der Waals surface area contributed by atoms with E-state index in [-0.39, 0.29) is 9.92 Å². The zero-order valence-electron chi connectivity index (χ0n) is 8.13. The maximum atomic E-state index is 11.7. The zero-order valence-corrected chi connectivity index (χ0v) is 10.5. The van der Waals surface area contributed by atoms with Crippen molar-refractivity contribution in [3.63, 3.8) is 0 Å². The molecule has 0 unspecified atom stereocenters. The van der Waals surface area contributed by atoms with Crippen LogP contribution in [0.25, 0.3) is 0 Å². The largest absolute Gasteiger partial charge is 0.242 e. The SMILES string of the molecule is CCCNS(=O)(=O)c1cc(Cl)ccc1Cl. The standard InChI is InChI=1S/C9H11Cl2NO2S/c1-2-5-12-15(13,14)9-6-7(10)3-4-8(9)11/h3-4,6,12H,2,5H2,1H3. The highest BCUT2D eigenvalue weighted by atomic mass is 35.5. The second-order valence-electron chi connectivity index (χ2n) is 2.97. The van der Waals surface area contributed by atoms with Gasteiger partial charge in [0, 0.05) is 11.6 Å². The third-order valence-corrected chi connectivity index (χ3v) is 3.90. The van der Waals surface area contributed by atoms with Crippen LogP contribution in [0.15, 0.2) is 23.1 Å². The van der Waals surface area contributed by atoms with Gasteiger partial charge in [-0.15, -0.1) is 0 Å². The first-order valence-electron chi connectivity index (χ1n) is 4.42. The highest BCUT2D eigenvalue weighted by Crippen LogP contribution is 2.24. The molecule has 84 valence electrons. The summed E-state index contributed by atoms with van der Waals surface area (Å²) in [5.74, 6) is 0. The Morgan fingerprint density at radius 1 is 1.33 bits per heavy atom. The van der Waals surface area contributed by atoms with Gasteiger partial charge in [0.25, 0.3) is 0 Å². The van der Waals surface area contributed by atoms with Crippen LogP contribution in [0.4, 0.5) is 0 Å². The van der Waals surface area contributed by atoms with Gasteiger partial charge < -0.3 is 0 Å². The van der Waals surface area contributed by atoms with Crippen LogP contribution in [0, 0.1) is 0 Å². The summed E-state index contributed by atoms with van der Waals surface area (Å²) in [5, 5.41) is 0.513. The van der Waals surface area contributed by atoms with Gasteiger partial charge in [-0.1, -0.05) is 30.1 Å². The Morgan fingerprint density at radius 3 is 2.60 bits per heavy atom. The van der Waals surface area contributed by atoms with Gasteiger partial charge in [0.2, 0.25) is 10.0 Å². The first kappa shape index (κ1) is 12.8. The van der Waals surface area contributed by atoms with Crippen LogP contribution in [0.2, 0.25) is 10.0 Å². The third kappa shape index (κ3) is 3.34. The van der Waals surface area contributed by atoms with E-state index in [9.17, 15) is 8.42 Å². The first-order chi connectivity index (χ1) is 6.97. The summed E-state index contributed by atoms with van der Waals surface area (Å²) < 4.78 is 25.8. The molecular formula is C9H11Cl2NO2S. The van der Waals surface area contributed by atoms with E-state index >= 15 is 0 Å². The molecule has 0 bridgehead atoms. The Morgan fingerprint density at radius 2 is 2.00 bits per heavy atom. The summed E-state index contributed by atoms with van der Waals surface area (Å²) in [6.07, 6.45) is 0.720. The number of sulfonamides is 1. The molecule has 0 saturated carbocycles. The topological polar surface area (TPSA) is 46.2 Å². The van der Waals surface area contributed by atoms with Crippen molar-refractivity contribution < 1.29 is 8.42 Å². The smallest absolute Gasteiger partial charge is 0.211 e. The molecule has 0 amide bonds. The number of rotatable bonds is 4. The quantitative estimate of drug-likeness (QED) is 0.912. The van der Waals surface area contributed by atoms with Crippen molar-refractivity contribution >= 4 is 33.2 Å². The lowest BCUT2D eigenvalue weighted by Crippen LogP contribution is -2.24. The molecule has 0 aromatic heterocycles. The van der Waals surface area contributed by atoms with Gasteiger partial charge in [-0.05, 0) is 24.6 Å². The van der Waals surface area contributed by atoms with Gasteiger partial charge in [-0.25, -0.2) is 13.1 Å². The van der Waals surface area contributed by atoms with E-state index in [0.29, 0.717) is 11.6 Å². The summed E-state index contributed by atoms with van der Waals surface area (Å²) in [6, 6.07) is 4.34. The lowest BCUT2D eigenvalue weighted by molar-refractivity contribution is 0.581. The number of halogens is 2. The third-order valence-electron chi connectivity index (χ3n) is 1.72. The molecule has 0 fully saturated rings. The fourth-order valence-electron chi connectivity index (χ4n) is 0.997. The minimum absolute atomic E-state index is 0.0186. The monoisotopic (exact) mass is 267 g/mol. The minimum Gasteiger partial charge on any atom is -0.211 e. The van der Waals surface area contributed by atoms with E-state index in [1.807, 2.05) is 6.92 Å². The zero-order chi connectivity index (χ0) is 11.5. The predicted octanol–water partition coefficient (Wildman–Crippen LogP) is 2.68. The molecule has 0 radical (unpaired) electrons. The van der Waals surface area contributed by atoms with E-state index in [0.717, 1.165) is 6.42 Å². The van der Waals surface area contributed by atoms with Gasteiger partial charge in [-0.2, -0.15) is 0 Å². The second-order valence-corrected chi connectivity index (χ2v) is 5.55. The van der Waals surface area contributed by atoms with Crippen LogP contribution in [-0.4, -0.2) is 15.0 Å². The molecule has 0 heterocycles. The van der Waals surface area contributed by atoms with Gasteiger partial charge in [0.05, 0.1) is 5.02 Å². The molecule has 0 aliphatic rings. The molecule has 0 atom stereocenters. The molecule has 1 aromatic rings. The number of hydrogen-bond donors (Lipinski definition) is 1. The van der Waals surface area contributed by atoms with Crippen molar-refractivity contribution in [2.45, 2.75) is 18.2 Å². The summed E-state index contributed by atoms with van der Waals surface area (Å²) >= 11 is 11.5. The summed E-state index contributed by atoms with van der Waals surface area (Å²) in [5.41, 5.74) is 0. The number of nitrogens with one attached hydrogen (secondary N) is 1. The maximum Gasteiger partial charge on any atom is 0.242 e. The molecule has 0 saturated heterocycles. The fraction of sp³-hybridized carbons (Fsp3) is 0.333. The van der Waals surface area contributed by atoms with Crippen LogP contribution in [0.5, 0.6) is 0 Å². The molecule has 1 N–H and O–H groups in total. The molecule has 1 rings (SSSR count). The van der Waals surface area contributed by atoms with E-state index < -0.39 is 10.0 Å². The van der Waals surface area contributed by atoms with Crippen LogP contribution < -0.4 is 4.72 Å². The summed E-state index contributed by atoms with van der Waals surface area (Å²) in [7, 11) is -3.54. The lowest BCUT2D eigenvalue weighted by Gasteiger charge is -2.07. The van der Waals surface area contributed by atoms with Crippen molar-refractivity contribution in [1.82, 2.24) is 4.72 Å². The molecule has 15 heavy (non-hydrogen) atoms. The molecule has 0 aliphatic heterocycles. The Labute approximate surface area is 99.4 Å². The molecule has 1 aromatic carbocycles. The average molecular weight is 268 g/mol. The van der Waals surface area contributed by atoms with Crippen LogP contribution in [0.1, 0.15) is 13.3 Å². The van der Waals surface area contributed by atoms with Crippen molar-refractivity contribution in [2.75, 3.05) is 6.54 Å². The Kier molecular flexibility index (Phi) is 4.40. The van der Waals surface area contributed by atoms with Crippen molar-refractivity contribution in [1.29, 1.82) is 0 Å². The first-order valence-corrected chi connectivity index (χ1v) is 6.66. The van der Waals surface area contributed by atoms with Gasteiger partial charge in [0.15, 0.2) is 0 Å². The van der Waals surface area contributed by atoms with Crippen LogP contribution >= 0.6 is 23.2 Å². The van der Waals surface area contributed by atoms with E-state index in [1.54, 1.807) is 6.07 Å². The molecule has 0 spiro atoms. The maximum absolute atomic E-state index is 11.7. The van der Waals surface area contributed by atoms with Gasteiger partial charge >= 0.3 is 0 Å². The molecular weight excluding hydrogens is 257 g/mol. The molecule has 0 aliphatic carbocycles. The Hall–Kier alpha value is -0.290. The van der Waals surface area contributed by atoms with Gasteiger partial charge in [-0.3, -0.25) is 0 Å². The van der Waals surface area contributed by atoms with E-state index in [4.69, 9.17) is 23.2 Å². The predicted molar refractivity (Wildman–Crippen MR) is 61.9 cm³/mol. The number of hydrogen-bond acceptors (Lipinski definition) is 2. The minimum atomic E-state index is -3.54. The van der Waals surface area contributed by atoms with E-state index in [1.165, 1.54) is 12.1 Å². The highest BCUT2D eigenvalue weighted by Gasteiger charge is 2.17. The molecule has 6 heteroatoms. The van der Waals surface area contributed by atoms with Gasteiger partial charge in [0.1, 0.15) is 4.90 Å². The Bertz CT molecular complexity index is 445. The highest BCUT2D eigenvalue weighted by molar-refractivity contribution is 7.89. The average Bonchev–Trinajstić information content (AvgIpc) is 2.18. The van der Waals surface area contributed by atoms with Crippen LogP contribution in [-0.2, 0) is 10.0 Å². The molecule has 3 nitrogen and oxygen atoms in total.